The molecule has 0 heterocycles. The quantitative estimate of drug-likeness (QED) is 0.685. The molecule has 150 valence electrons. The Morgan fingerprint density at radius 2 is 1.86 bits per heavy atom. The number of aryl methyl sites for hydroxylation is 2. The largest absolute Gasteiger partial charge is 0.452 e. The zero-order chi connectivity index (χ0) is 20.9. The SMILES string of the molecule is Cc1ccc(C)c(NC(=O)[C@@H](C)OC(=O)CNS(=O)(=O)c2cccc(F)c2)c1. The molecule has 2 rings (SSSR count). The molecule has 2 aromatic carbocycles. The Morgan fingerprint density at radius 3 is 2.54 bits per heavy atom. The summed E-state index contributed by atoms with van der Waals surface area (Å²) in [4.78, 5) is 23.8. The minimum absolute atomic E-state index is 0.319. The molecule has 0 saturated carbocycles. The molecule has 2 aromatic rings. The maximum absolute atomic E-state index is 13.2. The van der Waals surface area contributed by atoms with E-state index < -0.39 is 40.4 Å². The van der Waals surface area contributed by atoms with Crippen LogP contribution in [0.25, 0.3) is 0 Å². The minimum atomic E-state index is -4.08. The number of ether oxygens (including phenoxy) is 1. The van der Waals surface area contributed by atoms with Crippen LogP contribution in [0.1, 0.15) is 18.1 Å². The van der Waals surface area contributed by atoms with Crippen molar-refractivity contribution in [3.05, 3.63) is 59.4 Å². The van der Waals surface area contributed by atoms with Gasteiger partial charge in [-0.15, -0.1) is 0 Å². The van der Waals surface area contributed by atoms with Crippen molar-refractivity contribution in [3.63, 3.8) is 0 Å². The number of halogens is 1. The molecular weight excluding hydrogens is 387 g/mol. The maximum Gasteiger partial charge on any atom is 0.321 e. The highest BCUT2D eigenvalue weighted by molar-refractivity contribution is 7.89. The van der Waals surface area contributed by atoms with E-state index in [2.05, 4.69) is 5.32 Å². The first kappa shape index (κ1) is 21.5. The summed E-state index contributed by atoms with van der Waals surface area (Å²) in [5, 5.41) is 2.66. The third-order valence-electron chi connectivity index (χ3n) is 3.84. The molecule has 0 aliphatic carbocycles. The first-order valence-corrected chi connectivity index (χ1v) is 9.89. The van der Waals surface area contributed by atoms with Crippen LogP contribution in [0.2, 0.25) is 0 Å². The van der Waals surface area contributed by atoms with Crippen LogP contribution in [0.15, 0.2) is 47.4 Å². The van der Waals surface area contributed by atoms with Crippen molar-refractivity contribution in [2.24, 2.45) is 0 Å². The summed E-state index contributed by atoms with van der Waals surface area (Å²) < 4.78 is 44.2. The van der Waals surface area contributed by atoms with Gasteiger partial charge in [-0.25, -0.2) is 12.8 Å². The van der Waals surface area contributed by atoms with Gasteiger partial charge in [0.1, 0.15) is 12.4 Å². The van der Waals surface area contributed by atoms with Crippen LogP contribution in [0, 0.1) is 19.7 Å². The van der Waals surface area contributed by atoms with Crippen LogP contribution in [0.4, 0.5) is 10.1 Å². The summed E-state index contributed by atoms with van der Waals surface area (Å²) in [7, 11) is -4.08. The number of sulfonamides is 1. The average Bonchev–Trinajstić information content (AvgIpc) is 2.63. The Hall–Kier alpha value is -2.78. The van der Waals surface area contributed by atoms with Crippen molar-refractivity contribution in [2.45, 2.75) is 31.8 Å². The summed E-state index contributed by atoms with van der Waals surface area (Å²) in [5.74, 6) is -2.21. The topological polar surface area (TPSA) is 102 Å². The van der Waals surface area contributed by atoms with Crippen LogP contribution in [0.5, 0.6) is 0 Å². The number of nitrogens with one attached hydrogen (secondary N) is 2. The lowest BCUT2D eigenvalue weighted by Gasteiger charge is -2.15. The van der Waals surface area contributed by atoms with Crippen molar-refractivity contribution in [3.8, 4) is 0 Å². The second-order valence-electron chi connectivity index (χ2n) is 6.22. The van der Waals surface area contributed by atoms with E-state index in [4.69, 9.17) is 4.74 Å². The highest BCUT2D eigenvalue weighted by Crippen LogP contribution is 2.17. The number of rotatable bonds is 7. The molecule has 1 amide bonds. The molecular formula is C19H21FN2O5S. The van der Waals surface area contributed by atoms with Gasteiger partial charge in [-0.05, 0) is 56.2 Å². The van der Waals surface area contributed by atoms with Crippen molar-refractivity contribution >= 4 is 27.6 Å². The van der Waals surface area contributed by atoms with Gasteiger partial charge in [-0.3, -0.25) is 9.59 Å². The van der Waals surface area contributed by atoms with Crippen LogP contribution >= 0.6 is 0 Å². The van der Waals surface area contributed by atoms with E-state index in [1.54, 1.807) is 6.07 Å². The Labute approximate surface area is 163 Å². The molecule has 0 aliphatic rings. The molecule has 0 spiro atoms. The highest BCUT2D eigenvalue weighted by atomic mass is 32.2. The number of esters is 1. The minimum Gasteiger partial charge on any atom is -0.452 e. The standard InChI is InChI=1S/C19H21FN2O5S/c1-12-7-8-13(2)17(9-12)22-19(24)14(3)27-18(23)11-21-28(25,26)16-6-4-5-15(20)10-16/h4-10,14,21H,11H2,1-3H3,(H,22,24)/t14-/m1/s1. The zero-order valence-corrected chi connectivity index (χ0v) is 16.5. The molecule has 9 heteroatoms. The Balaban J connectivity index is 1.91. The summed E-state index contributed by atoms with van der Waals surface area (Å²) >= 11 is 0. The number of amides is 1. The van der Waals surface area contributed by atoms with E-state index in [-0.39, 0.29) is 4.90 Å². The molecule has 0 bridgehead atoms. The van der Waals surface area contributed by atoms with E-state index in [9.17, 15) is 22.4 Å². The van der Waals surface area contributed by atoms with Crippen LogP contribution < -0.4 is 10.0 Å². The number of benzene rings is 2. The molecule has 7 nitrogen and oxygen atoms in total. The Morgan fingerprint density at radius 1 is 1.14 bits per heavy atom. The molecule has 1 atom stereocenters. The first-order valence-electron chi connectivity index (χ1n) is 8.41. The fraction of sp³-hybridized carbons (Fsp3) is 0.263. The van der Waals surface area contributed by atoms with Crippen molar-refractivity contribution < 1.29 is 27.1 Å². The number of carbonyl (C=O) groups is 2. The molecule has 0 fully saturated rings. The monoisotopic (exact) mass is 408 g/mol. The fourth-order valence-electron chi connectivity index (χ4n) is 2.27. The molecule has 0 aliphatic heterocycles. The predicted octanol–water partition coefficient (Wildman–Crippen LogP) is 2.29. The number of carbonyl (C=O) groups excluding carboxylic acids is 2. The van der Waals surface area contributed by atoms with Gasteiger partial charge in [0, 0.05) is 5.69 Å². The van der Waals surface area contributed by atoms with Crippen LogP contribution in [-0.2, 0) is 24.3 Å². The van der Waals surface area contributed by atoms with E-state index >= 15 is 0 Å². The molecule has 0 aromatic heterocycles. The summed E-state index contributed by atoms with van der Waals surface area (Å²) in [5.41, 5.74) is 2.40. The van der Waals surface area contributed by atoms with Gasteiger partial charge in [-0.2, -0.15) is 4.72 Å². The van der Waals surface area contributed by atoms with Gasteiger partial charge < -0.3 is 10.1 Å². The first-order chi connectivity index (χ1) is 13.1. The normalized spacial score (nSPS) is 12.3. The molecule has 2 N–H and O–H groups in total. The third kappa shape index (κ3) is 5.86. The van der Waals surface area contributed by atoms with Crippen molar-refractivity contribution in [2.75, 3.05) is 11.9 Å². The zero-order valence-electron chi connectivity index (χ0n) is 15.7. The molecule has 0 unspecified atom stereocenters. The smallest absolute Gasteiger partial charge is 0.321 e. The van der Waals surface area contributed by atoms with Gasteiger partial charge in [0.05, 0.1) is 4.90 Å². The lowest BCUT2D eigenvalue weighted by atomic mass is 10.1. The number of hydrogen-bond acceptors (Lipinski definition) is 5. The predicted molar refractivity (Wildman–Crippen MR) is 102 cm³/mol. The Bertz CT molecular complexity index is 992. The van der Waals surface area contributed by atoms with E-state index in [0.717, 1.165) is 23.3 Å². The summed E-state index contributed by atoms with van der Waals surface area (Å²) in [6, 6.07) is 9.90. The van der Waals surface area contributed by atoms with E-state index in [0.29, 0.717) is 5.69 Å². The van der Waals surface area contributed by atoms with E-state index in [1.165, 1.54) is 19.1 Å². The number of hydrogen-bond donors (Lipinski definition) is 2. The maximum atomic E-state index is 13.2. The lowest BCUT2D eigenvalue weighted by molar-refractivity contribution is -0.151. The number of anilines is 1. The molecule has 0 saturated heterocycles. The second kappa shape index (κ2) is 8.94. The van der Waals surface area contributed by atoms with Crippen LogP contribution in [-0.4, -0.2) is 32.9 Å². The highest BCUT2D eigenvalue weighted by Gasteiger charge is 2.21. The van der Waals surface area contributed by atoms with E-state index in [1.807, 2.05) is 30.7 Å². The lowest BCUT2D eigenvalue weighted by Crippen LogP contribution is -2.36. The summed E-state index contributed by atoms with van der Waals surface area (Å²) in [6.07, 6.45) is -1.13. The molecule has 0 radical (unpaired) electrons. The molecule has 28 heavy (non-hydrogen) atoms. The third-order valence-corrected chi connectivity index (χ3v) is 5.24. The van der Waals surface area contributed by atoms with Gasteiger partial charge in [0.25, 0.3) is 5.91 Å². The van der Waals surface area contributed by atoms with Gasteiger partial charge in [0.15, 0.2) is 6.10 Å². The summed E-state index contributed by atoms with van der Waals surface area (Å²) in [6.45, 7) is 4.38. The van der Waals surface area contributed by atoms with Gasteiger partial charge >= 0.3 is 5.97 Å². The van der Waals surface area contributed by atoms with Crippen molar-refractivity contribution in [1.29, 1.82) is 0 Å². The Kier molecular flexibility index (Phi) is 6.87. The van der Waals surface area contributed by atoms with Crippen LogP contribution in [0.3, 0.4) is 0 Å². The second-order valence-corrected chi connectivity index (χ2v) is 7.99. The van der Waals surface area contributed by atoms with Gasteiger partial charge in [-0.1, -0.05) is 18.2 Å². The van der Waals surface area contributed by atoms with Gasteiger partial charge in [0.2, 0.25) is 10.0 Å². The van der Waals surface area contributed by atoms with Crippen molar-refractivity contribution in [1.82, 2.24) is 4.72 Å². The average molecular weight is 408 g/mol. The fourth-order valence-corrected chi connectivity index (χ4v) is 3.27.